The van der Waals surface area contributed by atoms with Gasteiger partial charge in [-0.25, -0.2) is 5.06 Å². The maximum Gasteiger partial charge on any atom is 0.250 e. The molecule has 152 valence electrons. The van der Waals surface area contributed by atoms with Crippen molar-refractivity contribution in [2.45, 2.75) is 31.9 Å². The van der Waals surface area contributed by atoms with Gasteiger partial charge in [-0.2, -0.15) is 0 Å². The number of carbonyl (C=O) groups is 1. The Morgan fingerprint density at radius 2 is 1.67 bits per heavy atom. The molecule has 1 saturated heterocycles. The van der Waals surface area contributed by atoms with E-state index in [-0.39, 0.29) is 17.4 Å². The van der Waals surface area contributed by atoms with Gasteiger partial charge in [0.25, 0.3) is 0 Å². The van der Waals surface area contributed by atoms with Gasteiger partial charge in [0.2, 0.25) is 5.91 Å². The number of halogens is 1. The van der Waals surface area contributed by atoms with Crippen molar-refractivity contribution in [2.24, 2.45) is 5.41 Å². The standard InChI is InChI=1S/C25H23ClN2O2/c1-17-7-13-21(14-8-17)28-22(24(29)27-20-11-9-19(26)10-12-20)25(15-16-25)23(30-28)18-5-3-2-4-6-18/h2-14,22-23H,15-16H2,1H3,(H,27,29)/t22-,23+/m0/s1. The molecule has 1 saturated carbocycles. The summed E-state index contributed by atoms with van der Waals surface area (Å²) in [6.07, 6.45) is 1.75. The zero-order chi connectivity index (χ0) is 20.7. The Hall–Kier alpha value is -2.82. The Labute approximate surface area is 181 Å². The second-order valence-corrected chi connectivity index (χ2v) is 8.63. The van der Waals surface area contributed by atoms with Crippen molar-refractivity contribution in [2.75, 3.05) is 10.4 Å². The summed E-state index contributed by atoms with van der Waals surface area (Å²) in [4.78, 5) is 20.0. The molecule has 0 radical (unpaired) electrons. The lowest BCUT2D eigenvalue weighted by Gasteiger charge is -2.26. The van der Waals surface area contributed by atoms with Crippen LogP contribution in [0.2, 0.25) is 5.02 Å². The number of benzene rings is 3. The molecule has 3 aromatic carbocycles. The minimum atomic E-state index is -0.416. The van der Waals surface area contributed by atoms with Crippen LogP contribution in [0.25, 0.3) is 0 Å². The monoisotopic (exact) mass is 418 g/mol. The number of rotatable bonds is 4. The molecule has 5 heteroatoms. The van der Waals surface area contributed by atoms with Gasteiger partial charge in [-0.3, -0.25) is 9.63 Å². The van der Waals surface area contributed by atoms with Crippen LogP contribution < -0.4 is 10.4 Å². The summed E-state index contributed by atoms with van der Waals surface area (Å²) in [5.74, 6) is -0.0613. The highest BCUT2D eigenvalue weighted by Gasteiger charge is 2.66. The molecule has 1 aliphatic heterocycles. The molecule has 3 aromatic rings. The van der Waals surface area contributed by atoms with Crippen molar-refractivity contribution in [3.05, 3.63) is 95.0 Å². The van der Waals surface area contributed by atoms with Crippen molar-refractivity contribution >= 4 is 28.9 Å². The zero-order valence-electron chi connectivity index (χ0n) is 16.7. The average molecular weight is 419 g/mol. The molecule has 1 N–H and O–H groups in total. The minimum Gasteiger partial charge on any atom is -0.324 e. The largest absolute Gasteiger partial charge is 0.324 e. The van der Waals surface area contributed by atoms with E-state index in [0.717, 1.165) is 29.8 Å². The molecule has 1 heterocycles. The first-order valence-electron chi connectivity index (χ1n) is 10.2. The topological polar surface area (TPSA) is 41.6 Å². The maximum atomic E-state index is 13.5. The van der Waals surface area contributed by atoms with Crippen LogP contribution in [0.5, 0.6) is 0 Å². The summed E-state index contributed by atoms with van der Waals surface area (Å²) in [6, 6.07) is 25.1. The molecule has 1 amide bonds. The smallest absolute Gasteiger partial charge is 0.250 e. The molecule has 5 rings (SSSR count). The van der Waals surface area contributed by atoms with E-state index in [1.807, 2.05) is 59.7 Å². The van der Waals surface area contributed by atoms with Crippen LogP contribution in [0, 0.1) is 12.3 Å². The highest BCUT2D eigenvalue weighted by molar-refractivity contribution is 6.30. The SMILES string of the molecule is Cc1ccc(N2O[C@H](c3ccccc3)C3(CC3)[C@@H]2C(=O)Nc2ccc(Cl)cc2)cc1. The molecular weight excluding hydrogens is 396 g/mol. The van der Waals surface area contributed by atoms with Crippen molar-refractivity contribution in [3.8, 4) is 0 Å². The molecule has 2 fully saturated rings. The number of nitrogens with zero attached hydrogens (tertiary/aromatic N) is 1. The number of hydrogen-bond acceptors (Lipinski definition) is 3. The summed E-state index contributed by atoms with van der Waals surface area (Å²) in [5.41, 5.74) is 3.66. The van der Waals surface area contributed by atoms with E-state index >= 15 is 0 Å². The predicted octanol–water partition coefficient (Wildman–Crippen LogP) is 5.93. The fourth-order valence-electron chi connectivity index (χ4n) is 4.37. The lowest BCUT2D eigenvalue weighted by Crippen LogP contribution is -2.44. The second-order valence-electron chi connectivity index (χ2n) is 8.19. The van der Waals surface area contributed by atoms with Crippen LogP contribution in [0.3, 0.4) is 0 Å². The molecule has 4 nitrogen and oxygen atoms in total. The normalized spacial score (nSPS) is 21.6. The number of nitrogens with one attached hydrogen (secondary N) is 1. The fraction of sp³-hybridized carbons (Fsp3) is 0.240. The maximum absolute atomic E-state index is 13.5. The molecular formula is C25H23ClN2O2. The van der Waals surface area contributed by atoms with Crippen LogP contribution in [-0.4, -0.2) is 11.9 Å². The van der Waals surface area contributed by atoms with Gasteiger partial charge < -0.3 is 5.32 Å². The number of anilines is 2. The van der Waals surface area contributed by atoms with Gasteiger partial charge >= 0.3 is 0 Å². The van der Waals surface area contributed by atoms with E-state index in [0.29, 0.717) is 5.02 Å². The minimum absolute atomic E-state index is 0.0613. The van der Waals surface area contributed by atoms with Crippen molar-refractivity contribution in [1.29, 1.82) is 0 Å². The van der Waals surface area contributed by atoms with Crippen LogP contribution in [0.15, 0.2) is 78.9 Å². The van der Waals surface area contributed by atoms with E-state index < -0.39 is 6.04 Å². The summed E-state index contributed by atoms with van der Waals surface area (Å²) in [5, 5.41) is 5.53. The van der Waals surface area contributed by atoms with Gasteiger partial charge in [0, 0.05) is 16.1 Å². The fourth-order valence-corrected chi connectivity index (χ4v) is 4.50. The van der Waals surface area contributed by atoms with Crippen molar-refractivity contribution in [1.82, 2.24) is 0 Å². The summed E-state index contributed by atoms with van der Waals surface area (Å²) in [7, 11) is 0. The molecule has 2 aliphatic rings. The van der Waals surface area contributed by atoms with Crippen molar-refractivity contribution in [3.63, 3.8) is 0 Å². The third kappa shape index (κ3) is 3.36. The molecule has 30 heavy (non-hydrogen) atoms. The third-order valence-corrected chi connectivity index (χ3v) is 6.35. The Balaban J connectivity index is 1.51. The first-order chi connectivity index (χ1) is 14.6. The summed E-state index contributed by atoms with van der Waals surface area (Å²) in [6.45, 7) is 2.05. The number of carbonyl (C=O) groups excluding carboxylic acids is 1. The molecule has 1 aliphatic carbocycles. The molecule has 0 aromatic heterocycles. The van der Waals surface area contributed by atoms with Gasteiger partial charge in [0.1, 0.15) is 12.1 Å². The molecule has 1 spiro atoms. The Kier molecular flexibility index (Phi) is 4.76. The van der Waals surface area contributed by atoms with Crippen LogP contribution >= 0.6 is 11.6 Å². The number of hydroxylamine groups is 1. The first-order valence-corrected chi connectivity index (χ1v) is 10.6. The van der Waals surface area contributed by atoms with Gasteiger partial charge in [-0.05, 0) is 61.7 Å². The van der Waals surface area contributed by atoms with E-state index in [2.05, 4.69) is 24.4 Å². The average Bonchev–Trinajstić information content (AvgIpc) is 3.46. The second kappa shape index (κ2) is 7.46. The predicted molar refractivity (Wildman–Crippen MR) is 119 cm³/mol. The summed E-state index contributed by atoms with van der Waals surface area (Å²) >= 11 is 5.99. The van der Waals surface area contributed by atoms with E-state index in [1.165, 1.54) is 5.56 Å². The molecule has 2 atom stereocenters. The Morgan fingerprint density at radius 1 is 1.00 bits per heavy atom. The van der Waals surface area contributed by atoms with Gasteiger partial charge in [0.15, 0.2) is 0 Å². The number of aryl methyl sites for hydroxylation is 1. The first kappa shape index (κ1) is 19.2. The highest BCUT2D eigenvalue weighted by Crippen LogP contribution is 2.65. The number of amides is 1. The van der Waals surface area contributed by atoms with Crippen LogP contribution in [0.4, 0.5) is 11.4 Å². The van der Waals surface area contributed by atoms with Gasteiger partial charge in [-0.1, -0.05) is 59.6 Å². The Morgan fingerprint density at radius 3 is 2.30 bits per heavy atom. The molecule has 0 unspecified atom stereocenters. The van der Waals surface area contributed by atoms with E-state index in [9.17, 15) is 4.79 Å². The zero-order valence-corrected chi connectivity index (χ0v) is 17.5. The van der Waals surface area contributed by atoms with Crippen molar-refractivity contribution < 1.29 is 9.63 Å². The van der Waals surface area contributed by atoms with Crippen LogP contribution in [0.1, 0.15) is 30.1 Å². The van der Waals surface area contributed by atoms with Gasteiger partial charge in [-0.15, -0.1) is 0 Å². The summed E-state index contributed by atoms with van der Waals surface area (Å²) < 4.78 is 0. The lowest BCUT2D eigenvalue weighted by molar-refractivity contribution is -0.118. The lowest BCUT2D eigenvalue weighted by atomic mass is 9.86. The Bertz CT molecular complexity index is 1050. The van der Waals surface area contributed by atoms with E-state index in [1.54, 1.807) is 12.1 Å². The highest BCUT2D eigenvalue weighted by atomic mass is 35.5. The van der Waals surface area contributed by atoms with Gasteiger partial charge in [0.05, 0.1) is 5.69 Å². The molecule has 0 bridgehead atoms. The van der Waals surface area contributed by atoms with Crippen LogP contribution in [-0.2, 0) is 9.63 Å². The van der Waals surface area contributed by atoms with E-state index in [4.69, 9.17) is 16.4 Å². The third-order valence-electron chi connectivity index (χ3n) is 6.10. The quantitative estimate of drug-likeness (QED) is 0.571. The number of hydrogen-bond donors (Lipinski definition) is 1.